The van der Waals surface area contributed by atoms with E-state index in [-0.39, 0.29) is 181 Å². The maximum atomic E-state index is 13.7. The molecule has 28 N–H and O–H groups in total. The number of phenolic OH excluding ortho intramolecular Hbond substituents is 8. The van der Waals surface area contributed by atoms with Gasteiger partial charge < -0.3 is 131 Å². The molecule has 0 aliphatic rings. The molecule has 35 nitrogen and oxygen atoms in total. The highest BCUT2D eigenvalue weighted by Gasteiger charge is 2.29. The van der Waals surface area contributed by atoms with E-state index < -0.39 is 88.0 Å². The highest BCUT2D eigenvalue weighted by molar-refractivity contribution is 6.07. The normalized spacial score (nSPS) is 9.87. The first-order chi connectivity index (χ1) is 59.2. The van der Waals surface area contributed by atoms with Gasteiger partial charge in [-0.25, -0.2) is 27.2 Å². The number of carbonyl (C=O) groups excluding carboxylic acids is 9. The van der Waals surface area contributed by atoms with Crippen LogP contribution in [-0.2, 0) is 16.1 Å². The molecule has 0 atom stereocenters. The molecule has 9 aromatic rings. The number of benzene rings is 9. The Morgan fingerprint density at radius 2 is 0.800 bits per heavy atom. The molecule has 9 rings (SSSR count). The maximum Gasteiger partial charge on any atom is 0.343 e. The third-order valence-corrected chi connectivity index (χ3v) is 18.3. The van der Waals surface area contributed by atoms with Crippen molar-refractivity contribution in [3.8, 4) is 80.8 Å². The Morgan fingerprint density at radius 1 is 0.385 bits per heavy atom. The molecule has 0 aromatic heterocycles. The van der Waals surface area contributed by atoms with Gasteiger partial charge in [0.2, 0.25) is 0 Å². The van der Waals surface area contributed by atoms with Crippen molar-refractivity contribution >= 4 is 104 Å². The Bertz CT molecular complexity index is 5710. The van der Waals surface area contributed by atoms with Crippen LogP contribution in [0.1, 0.15) is 233 Å². The van der Waals surface area contributed by atoms with Gasteiger partial charge in [0.1, 0.15) is 51.9 Å². The summed E-state index contributed by atoms with van der Waals surface area (Å²) in [5, 5.41) is 102. The van der Waals surface area contributed by atoms with Gasteiger partial charge in [0.15, 0.2) is 98.2 Å². The molecule has 0 unspecified atom stereocenters. The predicted molar refractivity (Wildman–Crippen MR) is 487 cm³/mol. The van der Waals surface area contributed by atoms with Crippen LogP contribution in [-0.4, -0.2) is 145 Å². The van der Waals surface area contributed by atoms with Gasteiger partial charge in [0.25, 0.3) is 0 Å². The lowest BCUT2D eigenvalue weighted by Gasteiger charge is -2.17. The molecular formula is C91H116F4N10O25. The Balaban J connectivity index is 0. The molecule has 0 fully saturated rings. The number of aromatic hydroxyl groups is 9. The lowest BCUT2D eigenvalue weighted by molar-refractivity contribution is 0.0371. The van der Waals surface area contributed by atoms with Crippen LogP contribution in [0.4, 0.5) is 68.7 Å². The zero-order chi connectivity index (χ0) is 99.5. The van der Waals surface area contributed by atoms with Crippen molar-refractivity contribution in [3.05, 3.63) is 184 Å². The van der Waals surface area contributed by atoms with E-state index in [9.17, 15) is 96.5 Å². The smallest absolute Gasteiger partial charge is 0.343 e. The summed E-state index contributed by atoms with van der Waals surface area (Å²) >= 11 is 0. The SMILES string of the molecule is C.C.CC(=O)c1c(C)c(O)cc(C#N)c1N.CC(=O)c1c(N)cc(C)c(O)c1F.CC(=O)c1cc(O)c(F)cc1N.CC(=O)c1cc(O)cc(C)c1N.CC(C)OC(=O)c1c(N)cc(CO)c(O)c1F.CCOC(=O)c1c(N)ccc(O)c1C.COc1c(C)c(O)c(C)c(C(C)=O)c1N.COc1c(C)c(O)c(F)c(C(C)=O)c1N.COc1c(C)c(O)c(OC)c(C(C)=O)c1N. The van der Waals surface area contributed by atoms with Crippen molar-refractivity contribution in [2.75, 3.05) is 86.6 Å². The van der Waals surface area contributed by atoms with Gasteiger partial charge in [-0.15, -0.1) is 0 Å². The second kappa shape index (κ2) is 51.1. The van der Waals surface area contributed by atoms with Gasteiger partial charge >= 0.3 is 11.9 Å². The van der Waals surface area contributed by atoms with Crippen molar-refractivity contribution in [1.82, 2.24) is 0 Å². The summed E-state index contributed by atoms with van der Waals surface area (Å²) in [7, 11) is 5.58. The van der Waals surface area contributed by atoms with Crippen LogP contribution < -0.4 is 70.6 Å². The molecule has 0 radical (unpaired) electrons. The number of ketones is 7. The quantitative estimate of drug-likeness (QED) is 0.0140. The lowest BCUT2D eigenvalue weighted by Crippen LogP contribution is -2.15. The van der Waals surface area contributed by atoms with E-state index in [0.29, 0.717) is 67.4 Å². The van der Waals surface area contributed by atoms with E-state index in [2.05, 4.69) is 0 Å². The monoisotopic (exact) mass is 1820 g/mol. The number of carbonyl (C=O) groups is 9. The minimum absolute atomic E-state index is 0. The predicted octanol–water partition coefficient (Wildman–Crippen LogP) is 14.6. The van der Waals surface area contributed by atoms with Gasteiger partial charge in [-0.05, 0) is 178 Å². The van der Waals surface area contributed by atoms with Crippen LogP contribution in [0.2, 0.25) is 0 Å². The van der Waals surface area contributed by atoms with Crippen LogP contribution in [0.5, 0.6) is 74.7 Å². The first-order valence-corrected chi connectivity index (χ1v) is 37.5. The highest BCUT2D eigenvalue weighted by atomic mass is 19.1. The van der Waals surface area contributed by atoms with Crippen LogP contribution in [0.15, 0.2) is 54.6 Å². The number of nitrogens with two attached hydrogens (primary N) is 9. The average molecular weight is 1830 g/mol. The number of aliphatic hydroxyl groups is 1. The standard InChI is InChI=1S/C11H14FNO4.C11H15NO4.C11H15NO3.C10H12FNO3.C10H10N2O2.C10H13NO3.C9H10FNO2.C9H11NO2.C8H8FNO2.2CH4/c1-5(2)17-11(16)8-7(13)3-6(4-14)10(15)9(8)12;1-5-9(14)11(16-4)7(6(2)13)8(12)10(5)15-3;1-5-8(7(3)13)9(12)11(15-4)6(2)10(5)14;1-4-9(14)7(11)6(5(2)13)8(12)10(4)15-3;1-5-8(14)3-7(4-11)10(12)9(5)6(2)13;1-3-14-10(13)9-6(2)8(12)5-4-7(9)11;1-4-3-6(11)7(5(2)12)8(10)9(4)13;1-5-3-7(12)4-8(6(2)11)9(5)10;1-4(11)5-2-8(12)6(9)3-7(5)10;;/h3,5,14-15H,4,13H2,1-2H3;14H,12H2,1-4H3;14H,12H2,1-4H3;14H,12H2,1-3H3;3,14H,12H2,1-2H3;4-5,12H,3,11H2,1-2H3;3,13H,11H2,1-2H3;3-4,12H,10H2,1-2H3;2-3,12H,10H2,1H3;2*1H4. The van der Waals surface area contributed by atoms with Crippen molar-refractivity contribution in [3.63, 3.8) is 0 Å². The molecule has 0 aliphatic carbocycles. The number of aliphatic hydroxyl groups excluding tert-OH is 1. The van der Waals surface area contributed by atoms with Crippen molar-refractivity contribution in [2.24, 2.45) is 0 Å². The number of esters is 2. The summed E-state index contributed by atoms with van der Waals surface area (Å²) < 4.78 is 82.6. The number of methoxy groups -OCH3 is 4. The number of nitriles is 1. The van der Waals surface area contributed by atoms with E-state index in [1.54, 1.807) is 62.3 Å². The number of anilines is 9. The van der Waals surface area contributed by atoms with Crippen LogP contribution in [0.25, 0.3) is 0 Å². The summed E-state index contributed by atoms with van der Waals surface area (Å²) in [6.45, 7) is 26.7. The second-order valence-corrected chi connectivity index (χ2v) is 27.8. The first-order valence-electron chi connectivity index (χ1n) is 37.5. The summed E-state index contributed by atoms with van der Waals surface area (Å²) in [5.41, 5.74) is 55.4. The number of nitrogen functional groups attached to an aromatic ring is 9. The Labute approximate surface area is 749 Å². The number of Topliss-reactive ketones (excluding diaryl/α,β-unsaturated/α-hetero) is 7. The lowest BCUT2D eigenvalue weighted by atomic mass is 9.98. The molecule has 0 spiro atoms. The third-order valence-electron chi connectivity index (χ3n) is 18.3. The number of halogens is 4. The number of aryl methyl sites for hydroxylation is 2. The van der Waals surface area contributed by atoms with Gasteiger partial charge in [-0.2, -0.15) is 5.26 Å². The second-order valence-electron chi connectivity index (χ2n) is 27.8. The fourth-order valence-corrected chi connectivity index (χ4v) is 11.8. The molecule has 9 aromatic carbocycles. The van der Waals surface area contributed by atoms with E-state index in [1.807, 2.05) is 6.07 Å². The molecule has 0 saturated heterocycles. The Hall–Kier alpha value is -15.6. The largest absolute Gasteiger partial charge is 0.508 e. The molecule has 130 heavy (non-hydrogen) atoms. The Kier molecular flexibility index (Phi) is 45.8. The van der Waals surface area contributed by atoms with E-state index in [1.165, 1.54) is 127 Å². The molecule has 0 heterocycles. The molecular weight excluding hydrogens is 1710 g/mol. The van der Waals surface area contributed by atoms with Crippen molar-refractivity contribution in [2.45, 2.75) is 152 Å². The van der Waals surface area contributed by atoms with Gasteiger partial charge in [-0.3, -0.25) is 33.6 Å². The summed E-state index contributed by atoms with van der Waals surface area (Å²) in [4.78, 5) is 101. The molecule has 708 valence electrons. The summed E-state index contributed by atoms with van der Waals surface area (Å²) in [6.07, 6.45) is -0.430. The average Bonchev–Trinajstić information content (AvgIpc) is 0.779. The van der Waals surface area contributed by atoms with Crippen LogP contribution in [0.3, 0.4) is 0 Å². The third kappa shape index (κ3) is 28.7. The number of ether oxygens (including phenoxy) is 6. The molecule has 0 aliphatic heterocycles. The van der Waals surface area contributed by atoms with Gasteiger partial charge in [-0.1, -0.05) is 14.9 Å². The molecule has 0 saturated carbocycles. The number of hydrogen-bond donors (Lipinski definition) is 19. The minimum Gasteiger partial charge on any atom is -0.508 e. The number of rotatable bonds is 16. The fraction of sp³-hybridized carbons (Fsp3) is 0.297. The van der Waals surface area contributed by atoms with E-state index in [0.717, 1.165) is 23.8 Å². The number of hydrogen-bond acceptors (Lipinski definition) is 35. The summed E-state index contributed by atoms with van der Waals surface area (Å²) in [6, 6.07) is 13.4. The zero-order valence-electron chi connectivity index (χ0n) is 74.4. The molecule has 39 heteroatoms. The molecule has 0 bridgehead atoms. The van der Waals surface area contributed by atoms with Crippen LogP contribution >= 0.6 is 0 Å². The topological polar surface area (TPSA) is 669 Å². The van der Waals surface area contributed by atoms with Gasteiger partial charge in [0.05, 0.1) is 104 Å². The fourth-order valence-electron chi connectivity index (χ4n) is 11.8. The number of phenols is 9. The first kappa shape index (κ1) is 116. The van der Waals surface area contributed by atoms with Crippen molar-refractivity contribution in [1.29, 1.82) is 5.26 Å². The number of nitrogens with zero attached hydrogens (tertiary/aromatic N) is 1. The van der Waals surface area contributed by atoms with E-state index in [4.69, 9.17) is 101 Å². The zero-order valence-corrected chi connectivity index (χ0v) is 74.4. The van der Waals surface area contributed by atoms with E-state index >= 15 is 0 Å². The minimum atomic E-state index is -1.18. The Morgan fingerprint density at radius 3 is 1.23 bits per heavy atom. The highest BCUT2D eigenvalue weighted by Crippen LogP contribution is 2.46. The molecule has 0 amide bonds. The maximum absolute atomic E-state index is 13.7. The van der Waals surface area contributed by atoms with Gasteiger partial charge in [0, 0.05) is 96.2 Å². The van der Waals surface area contributed by atoms with Crippen LogP contribution in [0, 0.1) is 90.0 Å². The summed E-state index contributed by atoms with van der Waals surface area (Å²) in [5.74, 6) is -9.24. The van der Waals surface area contributed by atoms with Crippen molar-refractivity contribution < 1.29 is 140 Å².